The van der Waals surface area contributed by atoms with E-state index in [4.69, 9.17) is 10.00 Å². The molecular formula is C9H10N4O4. The van der Waals surface area contributed by atoms with Crippen LogP contribution in [0, 0.1) is 11.3 Å². The first kappa shape index (κ1) is 12.5. The third-order valence-electron chi connectivity index (χ3n) is 1.69. The van der Waals surface area contributed by atoms with E-state index in [1.54, 1.807) is 13.0 Å². The number of urea groups is 1. The Hall–Kier alpha value is -2.56. The lowest BCUT2D eigenvalue weighted by Gasteiger charge is -2.15. The van der Waals surface area contributed by atoms with Crippen molar-refractivity contribution in [2.45, 2.75) is 6.92 Å². The van der Waals surface area contributed by atoms with Crippen LogP contribution in [0.5, 0.6) is 0 Å². The van der Waals surface area contributed by atoms with Gasteiger partial charge >= 0.3 is 12.0 Å². The summed E-state index contributed by atoms with van der Waals surface area (Å²) in [5.41, 5.74) is -0.392. The van der Waals surface area contributed by atoms with Gasteiger partial charge in [-0.3, -0.25) is 10.6 Å². The molecule has 8 nitrogen and oxygen atoms in total. The lowest BCUT2D eigenvalue weighted by molar-refractivity contribution is -0.138. The molecule has 0 saturated carbocycles. The maximum atomic E-state index is 11.4. The predicted molar refractivity (Wildman–Crippen MR) is 55.4 cm³/mol. The number of hydrogen-bond donors (Lipinski definition) is 2. The minimum absolute atomic E-state index is 0.110. The van der Waals surface area contributed by atoms with E-state index in [1.807, 2.05) is 0 Å². The number of aliphatic imine (C=N–C) groups is 1. The third kappa shape index (κ3) is 2.94. The Morgan fingerprint density at radius 3 is 2.76 bits per heavy atom. The number of ether oxygens (including phenoxy) is 2. The van der Waals surface area contributed by atoms with Crippen LogP contribution in [0.1, 0.15) is 6.92 Å². The number of nitriles is 1. The fraction of sp³-hybridized carbons (Fsp3) is 0.333. The van der Waals surface area contributed by atoms with E-state index in [0.29, 0.717) is 0 Å². The number of esters is 1. The Labute approximate surface area is 96.9 Å². The summed E-state index contributed by atoms with van der Waals surface area (Å²) in [5.74, 6) is -1.06. The number of amidine groups is 1. The van der Waals surface area contributed by atoms with E-state index in [2.05, 4.69) is 20.4 Å². The van der Waals surface area contributed by atoms with Gasteiger partial charge in [0.25, 0.3) is 6.02 Å². The molecule has 0 unspecified atom stereocenters. The minimum Gasteiger partial charge on any atom is -0.468 e. The number of carbonyl (C=O) groups is 2. The monoisotopic (exact) mass is 238 g/mol. The third-order valence-corrected chi connectivity index (χ3v) is 1.69. The van der Waals surface area contributed by atoms with Gasteiger partial charge in [-0.1, -0.05) is 0 Å². The molecule has 0 radical (unpaired) electrons. The summed E-state index contributed by atoms with van der Waals surface area (Å²) in [6.07, 6.45) is 0. The minimum atomic E-state index is -0.855. The molecule has 0 aromatic rings. The molecule has 0 spiro atoms. The zero-order valence-corrected chi connectivity index (χ0v) is 9.23. The summed E-state index contributed by atoms with van der Waals surface area (Å²) in [6.45, 7) is 1.72. The first-order valence-electron chi connectivity index (χ1n) is 4.64. The van der Waals surface area contributed by atoms with E-state index >= 15 is 0 Å². The van der Waals surface area contributed by atoms with Crippen LogP contribution in [0.4, 0.5) is 4.79 Å². The Kier molecular flexibility index (Phi) is 4.05. The molecule has 0 atom stereocenters. The van der Waals surface area contributed by atoms with Gasteiger partial charge in [0, 0.05) is 0 Å². The van der Waals surface area contributed by atoms with Gasteiger partial charge in [0.2, 0.25) is 0 Å². The standard InChI is InChI=1S/C9H10N4O4/c1-3-17-7(14)5(4-10)6-11-8(15)13-9(12-6)16-2/h3H2,1-2H3,(H2,11,12,13,15)/b6-5+. The molecule has 0 aliphatic carbocycles. The van der Waals surface area contributed by atoms with Crippen molar-refractivity contribution >= 4 is 18.0 Å². The smallest absolute Gasteiger partial charge is 0.352 e. The molecule has 0 aromatic carbocycles. The summed E-state index contributed by atoms with van der Waals surface area (Å²) < 4.78 is 9.36. The molecule has 0 aromatic heterocycles. The van der Waals surface area contributed by atoms with Crippen LogP contribution in [0.15, 0.2) is 16.4 Å². The lowest BCUT2D eigenvalue weighted by atomic mass is 10.3. The molecule has 90 valence electrons. The van der Waals surface area contributed by atoms with Crippen molar-refractivity contribution < 1.29 is 19.1 Å². The first-order valence-corrected chi connectivity index (χ1v) is 4.64. The highest BCUT2D eigenvalue weighted by atomic mass is 16.5. The lowest BCUT2D eigenvalue weighted by Crippen LogP contribution is -2.44. The Balaban J connectivity index is 3.12. The van der Waals surface area contributed by atoms with Crippen LogP contribution in [0.2, 0.25) is 0 Å². The normalized spacial score (nSPS) is 17.0. The number of nitrogens with one attached hydrogen (secondary N) is 2. The molecule has 2 amide bonds. The van der Waals surface area contributed by atoms with Crippen molar-refractivity contribution in [3.8, 4) is 6.07 Å². The second-order valence-corrected chi connectivity index (χ2v) is 2.76. The quantitative estimate of drug-likeness (QED) is 0.386. The van der Waals surface area contributed by atoms with Crippen molar-refractivity contribution in [2.24, 2.45) is 4.99 Å². The summed E-state index contributed by atoms with van der Waals surface area (Å²) >= 11 is 0. The second kappa shape index (κ2) is 5.50. The number of hydrogen-bond acceptors (Lipinski definition) is 6. The van der Waals surface area contributed by atoms with E-state index < -0.39 is 17.6 Å². The van der Waals surface area contributed by atoms with Crippen molar-refractivity contribution in [1.82, 2.24) is 10.6 Å². The van der Waals surface area contributed by atoms with Crippen LogP contribution in [0.25, 0.3) is 0 Å². The maximum absolute atomic E-state index is 11.4. The molecule has 1 rings (SSSR count). The number of carbonyl (C=O) groups excluding carboxylic acids is 2. The largest absolute Gasteiger partial charge is 0.468 e. The van der Waals surface area contributed by atoms with Gasteiger partial charge in [-0.25, -0.2) is 9.59 Å². The van der Waals surface area contributed by atoms with Crippen molar-refractivity contribution in [3.05, 3.63) is 11.4 Å². The average Bonchev–Trinajstić information content (AvgIpc) is 2.29. The van der Waals surface area contributed by atoms with E-state index in [0.717, 1.165) is 0 Å². The van der Waals surface area contributed by atoms with Crippen LogP contribution < -0.4 is 10.6 Å². The molecular weight excluding hydrogens is 228 g/mol. The number of nitrogens with zero attached hydrogens (tertiary/aromatic N) is 2. The fourth-order valence-corrected chi connectivity index (χ4v) is 1.01. The summed E-state index contributed by atoms with van der Waals surface area (Å²) in [6, 6.07) is 0.862. The summed E-state index contributed by atoms with van der Waals surface area (Å²) in [5, 5.41) is 13.3. The average molecular weight is 238 g/mol. The Morgan fingerprint density at radius 2 is 2.24 bits per heavy atom. The zero-order chi connectivity index (χ0) is 12.8. The van der Waals surface area contributed by atoms with Gasteiger partial charge < -0.3 is 9.47 Å². The van der Waals surface area contributed by atoms with Crippen molar-refractivity contribution in [1.29, 1.82) is 5.26 Å². The fourth-order valence-electron chi connectivity index (χ4n) is 1.01. The Morgan fingerprint density at radius 1 is 1.53 bits per heavy atom. The molecule has 1 aliphatic heterocycles. The molecule has 0 bridgehead atoms. The van der Waals surface area contributed by atoms with Gasteiger partial charge in [-0.2, -0.15) is 10.3 Å². The van der Waals surface area contributed by atoms with Crippen LogP contribution >= 0.6 is 0 Å². The van der Waals surface area contributed by atoms with Gasteiger partial charge in [0.1, 0.15) is 6.07 Å². The SMILES string of the molecule is CCOC(=O)/C(C#N)=C1/N=C(OC)NC(=O)N1. The summed E-state index contributed by atoms with van der Waals surface area (Å²) in [4.78, 5) is 26.3. The molecule has 1 heterocycles. The highest BCUT2D eigenvalue weighted by molar-refractivity contribution is 6.00. The predicted octanol–water partition coefficient (Wildman–Crippen LogP) is -0.400. The highest BCUT2D eigenvalue weighted by Gasteiger charge is 2.23. The molecule has 1 aliphatic rings. The van der Waals surface area contributed by atoms with Gasteiger partial charge in [-0.15, -0.1) is 0 Å². The van der Waals surface area contributed by atoms with Gasteiger partial charge in [-0.05, 0) is 6.92 Å². The molecule has 0 saturated heterocycles. The van der Waals surface area contributed by atoms with Crippen LogP contribution in [-0.2, 0) is 14.3 Å². The van der Waals surface area contributed by atoms with E-state index in [9.17, 15) is 9.59 Å². The highest BCUT2D eigenvalue weighted by Crippen LogP contribution is 2.08. The number of methoxy groups -OCH3 is 1. The molecule has 2 N–H and O–H groups in total. The van der Waals surface area contributed by atoms with Gasteiger partial charge in [0.15, 0.2) is 11.4 Å². The van der Waals surface area contributed by atoms with Gasteiger partial charge in [0.05, 0.1) is 13.7 Å². The van der Waals surface area contributed by atoms with E-state index in [1.165, 1.54) is 7.11 Å². The number of rotatable bonds is 2. The van der Waals surface area contributed by atoms with Crippen LogP contribution in [-0.4, -0.2) is 31.7 Å². The number of amides is 2. The maximum Gasteiger partial charge on any atom is 0.352 e. The molecule has 17 heavy (non-hydrogen) atoms. The summed E-state index contributed by atoms with van der Waals surface area (Å²) in [7, 11) is 1.29. The van der Waals surface area contributed by atoms with Crippen molar-refractivity contribution in [2.75, 3.05) is 13.7 Å². The van der Waals surface area contributed by atoms with Crippen molar-refractivity contribution in [3.63, 3.8) is 0 Å². The second-order valence-electron chi connectivity index (χ2n) is 2.76. The molecule has 0 fully saturated rings. The van der Waals surface area contributed by atoms with Crippen LogP contribution in [0.3, 0.4) is 0 Å². The zero-order valence-electron chi connectivity index (χ0n) is 9.23. The van der Waals surface area contributed by atoms with E-state index in [-0.39, 0.29) is 18.4 Å². The topological polar surface area (TPSA) is 113 Å². The first-order chi connectivity index (χ1) is 8.12. The Bertz CT molecular complexity index is 446. The molecule has 8 heteroatoms.